The van der Waals surface area contributed by atoms with Crippen LogP contribution in [0.5, 0.6) is 0 Å². The van der Waals surface area contributed by atoms with Gasteiger partial charge in [-0.05, 0) is 19.2 Å². The number of rotatable bonds is 5. The molecule has 94 valence electrons. The standard InChI is InChI=1S/C11H16N2O3S/c1-11(16,7-17-2)6-13-10(15)8-3-4-12-9(14)5-8/h3-5,16H,6-7H2,1-2H3,(H,12,14)(H,13,15). The molecule has 1 amide bonds. The number of thioether (sulfide) groups is 1. The molecule has 0 saturated carbocycles. The zero-order valence-electron chi connectivity index (χ0n) is 9.82. The van der Waals surface area contributed by atoms with Crippen molar-refractivity contribution in [2.45, 2.75) is 12.5 Å². The first-order valence-electron chi connectivity index (χ1n) is 5.13. The molecule has 6 heteroatoms. The van der Waals surface area contributed by atoms with Gasteiger partial charge in [0.1, 0.15) is 0 Å². The molecule has 0 spiro atoms. The number of aromatic nitrogens is 1. The summed E-state index contributed by atoms with van der Waals surface area (Å²) in [5.41, 5.74) is -0.988. The Labute approximate surface area is 104 Å². The van der Waals surface area contributed by atoms with Crippen molar-refractivity contribution in [1.29, 1.82) is 0 Å². The fraction of sp³-hybridized carbons (Fsp3) is 0.455. The van der Waals surface area contributed by atoms with Gasteiger partial charge in [-0.3, -0.25) is 9.59 Å². The SMILES string of the molecule is CSCC(C)(O)CNC(=O)c1cc[nH]c(=O)c1. The molecule has 0 aliphatic rings. The molecule has 3 N–H and O–H groups in total. The summed E-state index contributed by atoms with van der Waals surface area (Å²) in [7, 11) is 0. The maximum atomic E-state index is 11.7. The largest absolute Gasteiger partial charge is 0.387 e. The number of hydrogen-bond donors (Lipinski definition) is 3. The van der Waals surface area contributed by atoms with E-state index in [1.165, 1.54) is 30.1 Å². The van der Waals surface area contributed by atoms with Gasteiger partial charge in [0.25, 0.3) is 5.91 Å². The molecule has 0 saturated heterocycles. The van der Waals surface area contributed by atoms with E-state index in [4.69, 9.17) is 0 Å². The summed E-state index contributed by atoms with van der Waals surface area (Å²) in [5, 5.41) is 12.5. The zero-order valence-corrected chi connectivity index (χ0v) is 10.6. The zero-order chi connectivity index (χ0) is 12.9. The van der Waals surface area contributed by atoms with E-state index >= 15 is 0 Å². The van der Waals surface area contributed by atoms with Crippen LogP contribution in [0.1, 0.15) is 17.3 Å². The predicted molar refractivity (Wildman–Crippen MR) is 68.4 cm³/mol. The average molecular weight is 256 g/mol. The van der Waals surface area contributed by atoms with Crippen LogP contribution >= 0.6 is 11.8 Å². The van der Waals surface area contributed by atoms with Gasteiger partial charge in [0.2, 0.25) is 5.56 Å². The van der Waals surface area contributed by atoms with E-state index in [0.29, 0.717) is 5.75 Å². The minimum absolute atomic E-state index is 0.152. The number of aliphatic hydroxyl groups is 1. The third-order valence-corrected chi connectivity index (χ3v) is 3.03. The molecule has 0 bridgehead atoms. The van der Waals surface area contributed by atoms with Crippen molar-refractivity contribution >= 4 is 17.7 Å². The van der Waals surface area contributed by atoms with E-state index in [1.54, 1.807) is 6.92 Å². The molecule has 0 aliphatic heterocycles. The lowest BCUT2D eigenvalue weighted by Crippen LogP contribution is -2.42. The molecule has 1 aromatic heterocycles. The third kappa shape index (κ3) is 4.62. The second-order valence-electron chi connectivity index (χ2n) is 4.05. The van der Waals surface area contributed by atoms with Crippen LogP contribution in [-0.4, -0.2) is 40.2 Å². The van der Waals surface area contributed by atoms with Gasteiger partial charge in [0.15, 0.2) is 0 Å². The fourth-order valence-corrected chi connectivity index (χ4v) is 2.04. The van der Waals surface area contributed by atoms with Crippen LogP contribution in [0.25, 0.3) is 0 Å². The monoisotopic (exact) mass is 256 g/mol. The van der Waals surface area contributed by atoms with E-state index in [0.717, 1.165) is 0 Å². The Morgan fingerprint density at radius 3 is 2.94 bits per heavy atom. The number of H-pyrrole nitrogens is 1. The highest BCUT2D eigenvalue weighted by molar-refractivity contribution is 7.98. The van der Waals surface area contributed by atoms with E-state index in [9.17, 15) is 14.7 Å². The molecule has 0 aromatic carbocycles. The van der Waals surface area contributed by atoms with E-state index in [2.05, 4.69) is 10.3 Å². The van der Waals surface area contributed by atoms with E-state index < -0.39 is 5.60 Å². The lowest BCUT2D eigenvalue weighted by molar-refractivity contribution is 0.0725. The summed E-state index contributed by atoms with van der Waals surface area (Å²) in [4.78, 5) is 25.1. The number of amides is 1. The Kier molecular flexibility index (Phi) is 4.77. The van der Waals surface area contributed by atoms with Gasteiger partial charge in [-0.25, -0.2) is 0 Å². The lowest BCUT2D eigenvalue weighted by atomic mass is 10.1. The number of aromatic amines is 1. The van der Waals surface area contributed by atoms with Crippen LogP contribution in [0.15, 0.2) is 23.1 Å². The summed E-state index contributed by atoms with van der Waals surface area (Å²) in [6, 6.07) is 2.73. The van der Waals surface area contributed by atoms with Gasteiger partial charge < -0.3 is 15.4 Å². The van der Waals surface area contributed by atoms with Crippen molar-refractivity contribution in [3.8, 4) is 0 Å². The average Bonchev–Trinajstić information content (AvgIpc) is 2.26. The first-order chi connectivity index (χ1) is 7.94. The number of carbonyl (C=O) groups is 1. The fourth-order valence-electron chi connectivity index (χ4n) is 1.32. The van der Waals surface area contributed by atoms with Crippen molar-refractivity contribution in [2.75, 3.05) is 18.6 Å². The van der Waals surface area contributed by atoms with Crippen molar-refractivity contribution in [3.05, 3.63) is 34.2 Å². The van der Waals surface area contributed by atoms with Crippen LogP contribution < -0.4 is 10.9 Å². The maximum Gasteiger partial charge on any atom is 0.251 e. The Morgan fingerprint density at radius 1 is 1.65 bits per heavy atom. The van der Waals surface area contributed by atoms with E-state index in [-0.39, 0.29) is 23.6 Å². The Bertz CT molecular complexity index is 442. The molecule has 0 radical (unpaired) electrons. The number of nitrogens with one attached hydrogen (secondary N) is 2. The van der Waals surface area contributed by atoms with Crippen molar-refractivity contribution in [3.63, 3.8) is 0 Å². The summed E-state index contributed by atoms with van der Waals surface area (Å²) >= 11 is 1.50. The van der Waals surface area contributed by atoms with Crippen LogP contribution in [0.3, 0.4) is 0 Å². The molecular weight excluding hydrogens is 240 g/mol. The van der Waals surface area contributed by atoms with E-state index in [1.807, 2.05) is 6.26 Å². The van der Waals surface area contributed by atoms with Gasteiger partial charge >= 0.3 is 0 Å². The first-order valence-corrected chi connectivity index (χ1v) is 6.52. The molecule has 1 rings (SSSR count). The summed E-state index contributed by atoms with van der Waals surface area (Å²) < 4.78 is 0. The van der Waals surface area contributed by atoms with Gasteiger partial charge in [-0.2, -0.15) is 11.8 Å². The van der Waals surface area contributed by atoms with Gasteiger partial charge in [-0.15, -0.1) is 0 Å². The Hall–Kier alpha value is -1.27. The quantitative estimate of drug-likeness (QED) is 0.704. The Morgan fingerprint density at radius 2 is 2.35 bits per heavy atom. The molecule has 5 nitrogen and oxygen atoms in total. The third-order valence-electron chi connectivity index (χ3n) is 2.12. The van der Waals surface area contributed by atoms with Crippen LogP contribution in [0, 0.1) is 0 Å². The second-order valence-corrected chi connectivity index (χ2v) is 4.92. The number of pyridine rings is 1. The molecule has 0 fully saturated rings. The molecule has 1 heterocycles. The van der Waals surface area contributed by atoms with Crippen LogP contribution in [0.2, 0.25) is 0 Å². The van der Waals surface area contributed by atoms with Crippen LogP contribution in [-0.2, 0) is 0 Å². The highest BCUT2D eigenvalue weighted by Gasteiger charge is 2.20. The maximum absolute atomic E-state index is 11.7. The predicted octanol–water partition coefficient (Wildman–Crippen LogP) is 0.219. The molecular formula is C11H16N2O3S. The molecule has 0 aliphatic carbocycles. The molecule has 17 heavy (non-hydrogen) atoms. The van der Waals surface area contributed by atoms with Gasteiger partial charge in [0.05, 0.1) is 5.60 Å². The normalized spacial score (nSPS) is 14.1. The van der Waals surface area contributed by atoms with Crippen molar-refractivity contribution in [1.82, 2.24) is 10.3 Å². The highest BCUT2D eigenvalue weighted by atomic mass is 32.2. The topological polar surface area (TPSA) is 82.2 Å². The van der Waals surface area contributed by atoms with Gasteiger partial charge in [0, 0.05) is 30.1 Å². The van der Waals surface area contributed by atoms with Crippen LogP contribution in [0.4, 0.5) is 0 Å². The lowest BCUT2D eigenvalue weighted by Gasteiger charge is -2.22. The highest BCUT2D eigenvalue weighted by Crippen LogP contribution is 2.09. The second kappa shape index (κ2) is 5.88. The summed E-state index contributed by atoms with van der Waals surface area (Å²) in [5.74, 6) is 0.167. The molecule has 1 atom stereocenters. The summed E-state index contributed by atoms with van der Waals surface area (Å²) in [6.07, 6.45) is 3.30. The van der Waals surface area contributed by atoms with Crippen molar-refractivity contribution in [2.24, 2.45) is 0 Å². The number of carbonyl (C=O) groups excluding carboxylic acids is 1. The molecule has 1 aromatic rings. The first kappa shape index (κ1) is 13.8. The number of hydrogen-bond acceptors (Lipinski definition) is 4. The summed E-state index contributed by atoms with van der Waals surface area (Å²) in [6.45, 7) is 1.81. The van der Waals surface area contributed by atoms with Gasteiger partial charge in [-0.1, -0.05) is 0 Å². The molecule has 1 unspecified atom stereocenters. The minimum atomic E-state index is -0.948. The minimum Gasteiger partial charge on any atom is -0.387 e. The van der Waals surface area contributed by atoms with Crippen molar-refractivity contribution < 1.29 is 9.90 Å². The Balaban J connectivity index is 2.59. The smallest absolute Gasteiger partial charge is 0.251 e.